The van der Waals surface area contributed by atoms with Crippen molar-refractivity contribution in [2.24, 2.45) is 5.92 Å². The Bertz CT molecular complexity index is 309. The van der Waals surface area contributed by atoms with Gasteiger partial charge < -0.3 is 4.74 Å². The SMILES string of the molecule is COC(=O)CCCCCCCCCCC(C(C)=O)C(C)=O. The minimum Gasteiger partial charge on any atom is -0.469 e. The predicted molar refractivity (Wildman–Crippen MR) is 83.0 cm³/mol. The van der Waals surface area contributed by atoms with Gasteiger partial charge in [-0.2, -0.15) is 0 Å². The molecule has 0 spiro atoms. The number of ether oxygens (including phenoxy) is 1. The molecule has 0 aliphatic heterocycles. The summed E-state index contributed by atoms with van der Waals surface area (Å²) in [4.78, 5) is 33.4. The zero-order valence-electron chi connectivity index (χ0n) is 13.8. The highest BCUT2D eigenvalue weighted by atomic mass is 16.5. The fraction of sp³-hybridized carbons (Fsp3) is 0.824. The largest absolute Gasteiger partial charge is 0.469 e. The van der Waals surface area contributed by atoms with Crippen molar-refractivity contribution < 1.29 is 19.1 Å². The normalized spacial score (nSPS) is 10.7. The van der Waals surface area contributed by atoms with Crippen LogP contribution in [0.2, 0.25) is 0 Å². The highest BCUT2D eigenvalue weighted by Gasteiger charge is 2.18. The molecule has 21 heavy (non-hydrogen) atoms. The molecule has 0 aliphatic rings. The molecule has 0 saturated heterocycles. The van der Waals surface area contributed by atoms with E-state index in [1.165, 1.54) is 33.8 Å². The van der Waals surface area contributed by atoms with Crippen LogP contribution in [0, 0.1) is 5.92 Å². The van der Waals surface area contributed by atoms with Gasteiger partial charge in [0.05, 0.1) is 13.0 Å². The van der Waals surface area contributed by atoms with Crippen LogP contribution in [-0.2, 0) is 19.1 Å². The van der Waals surface area contributed by atoms with Gasteiger partial charge in [0.25, 0.3) is 0 Å². The third kappa shape index (κ3) is 11.2. The molecule has 4 heteroatoms. The lowest BCUT2D eigenvalue weighted by Crippen LogP contribution is -2.19. The van der Waals surface area contributed by atoms with E-state index < -0.39 is 0 Å². The average molecular weight is 298 g/mol. The van der Waals surface area contributed by atoms with Crippen LogP contribution in [0.1, 0.15) is 78.1 Å². The van der Waals surface area contributed by atoms with Crippen molar-refractivity contribution in [1.29, 1.82) is 0 Å². The summed E-state index contributed by atoms with van der Waals surface area (Å²) >= 11 is 0. The molecular formula is C17H30O4. The maximum absolute atomic E-state index is 11.3. The van der Waals surface area contributed by atoms with E-state index in [4.69, 9.17) is 0 Å². The van der Waals surface area contributed by atoms with E-state index in [-0.39, 0.29) is 23.5 Å². The summed E-state index contributed by atoms with van der Waals surface area (Å²) in [6.07, 6.45) is 9.91. The standard InChI is InChI=1S/C17H30O4/c1-14(18)16(15(2)19)12-10-8-6-4-5-7-9-11-13-17(20)21-3/h16H,4-13H2,1-3H3. The van der Waals surface area contributed by atoms with Crippen molar-refractivity contribution in [1.82, 2.24) is 0 Å². The first kappa shape index (κ1) is 19.8. The molecule has 0 N–H and O–H groups in total. The molecule has 0 fully saturated rings. The Morgan fingerprint density at radius 3 is 1.62 bits per heavy atom. The van der Waals surface area contributed by atoms with Crippen molar-refractivity contribution in [3.05, 3.63) is 0 Å². The second-order valence-corrected chi connectivity index (χ2v) is 5.72. The summed E-state index contributed by atoms with van der Waals surface area (Å²) in [6.45, 7) is 3.00. The van der Waals surface area contributed by atoms with Crippen LogP contribution in [0.5, 0.6) is 0 Å². The van der Waals surface area contributed by atoms with Crippen molar-refractivity contribution in [3.8, 4) is 0 Å². The fourth-order valence-corrected chi connectivity index (χ4v) is 2.47. The molecular weight excluding hydrogens is 268 g/mol. The Morgan fingerprint density at radius 2 is 1.19 bits per heavy atom. The van der Waals surface area contributed by atoms with Crippen LogP contribution in [0.4, 0.5) is 0 Å². The lowest BCUT2D eigenvalue weighted by Gasteiger charge is -2.09. The first-order valence-corrected chi connectivity index (χ1v) is 8.06. The molecule has 0 unspecified atom stereocenters. The molecule has 0 aliphatic carbocycles. The van der Waals surface area contributed by atoms with E-state index in [2.05, 4.69) is 4.74 Å². The molecule has 0 amide bonds. The minimum absolute atomic E-state index is 0.00638. The molecule has 0 rings (SSSR count). The van der Waals surface area contributed by atoms with Gasteiger partial charge in [0, 0.05) is 6.42 Å². The number of esters is 1. The van der Waals surface area contributed by atoms with Gasteiger partial charge in [-0.1, -0.05) is 44.9 Å². The molecule has 0 bridgehead atoms. The van der Waals surface area contributed by atoms with Crippen LogP contribution < -0.4 is 0 Å². The van der Waals surface area contributed by atoms with Gasteiger partial charge in [-0.15, -0.1) is 0 Å². The molecule has 0 heterocycles. The Balaban J connectivity index is 3.38. The Labute approximate surface area is 128 Å². The van der Waals surface area contributed by atoms with Gasteiger partial charge in [-0.25, -0.2) is 0 Å². The highest BCUT2D eigenvalue weighted by molar-refractivity contribution is 6.00. The zero-order chi connectivity index (χ0) is 16.1. The second-order valence-electron chi connectivity index (χ2n) is 5.72. The van der Waals surface area contributed by atoms with Gasteiger partial charge in [0.15, 0.2) is 0 Å². The van der Waals surface area contributed by atoms with Gasteiger partial charge in [-0.05, 0) is 26.7 Å². The van der Waals surface area contributed by atoms with E-state index in [0.717, 1.165) is 38.5 Å². The van der Waals surface area contributed by atoms with E-state index in [1.54, 1.807) is 0 Å². The van der Waals surface area contributed by atoms with Crippen molar-refractivity contribution >= 4 is 17.5 Å². The number of methoxy groups -OCH3 is 1. The van der Waals surface area contributed by atoms with E-state index >= 15 is 0 Å². The molecule has 4 nitrogen and oxygen atoms in total. The van der Waals surface area contributed by atoms with Gasteiger partial charge in [-0.3, -0.25) is 14.4 Å². The third-order valence-corrected chi connectivity index (χ3v) is 3.83. The summed E-state index contributed by atoms with van der Waals surface area (Å²) in [5.41, 5.74) is 0. The summed E-state index contributed by atoms with van der Waals surface area (Å²) in [6, 6.07) is 0. The summed E-state index contributed by atoms with van der Waals surface area (Å²) < 4.78 is 4.59. The van der Waals surface area contributed by atoms with Gasteiger partial charge in [0.1, 0.15) is 11.6 Å². The molecule has 0 saturated carbocycles. The number of Topliss-reactive ketones (excluding diaryl/α,β-unsaturated/α-hetero) is 2. The van der Waals surface area contributed by atoms with E-state index in [0.29, 0.717) is 12.8 Å². The van der Waals surface area contributed by atoms with Gasteiger partial charge >= 0.3 is 5.97 Å². The number of ketones is 2. The highest BCUT2D eigenvalue weighted by Crippen LogP contribution is 2.15. The fourth-order valence-electron chi connectivity index (χ4n) is 2.47. The molecule has 0 aromatic carbocycles. The number of carbonyl (C=O) groups excluding carboxylic acids is 3. The Hall–Kier alpha value is -1.19. The monoisotopic (exact) mass is 298 g/mol. The molecule has 0 aromatic heterocycles. The van der Waals surface area contributed by atoms with Crippen molar-refractivity contribution in [2.75, 3.05) is 7.11 Å². The predicted octanol–water partition coefficient (Wildman–Crippen LogP) is 3.85. The maximum Gasteiger partial charge on any atom is 0.305 e. The first-order valence-electron chi connectivity index (χ1n) is 8.06. The topological polar surface area (TPSA) is 60.4 Å². The van der Waals surface area contributed by atoms with Crippen molar-refractivity contribution in [2.45, 2.75) is 78.1 Å². The molecule has 0 radical (unpaired) electrons. The minimum atomic E-state index is -0.386. The smallest absolute Gasteiger partial charge is 0.305 e. The Kier molecular flexibility index (Phi) is 11.8. The number of hydrogen-bond acceptors (Lipinski definition) is 4. The number of carbonyl (C=O) groups is 3. The number of unbranched alkanes of at least 4 members (excludes halogenated alkanes) is 7. The molecule has 0 aromatic rings. The summed E-state index contributed by atoms with van der Waals surface area (Å²) in [7, 11) is 1.42. The first-order chi connectivity index (χ1) is 9.99. The quantitative estimate of drug-likeness (QED) is 0.294. The van der Waals surface area contributed by atoms with Crippen LogP contribution >= 0.6 is 0 Å². The van der Waals surface area contributed by atoms with Crippen LogP contribution in [-0.4, -0.2) is 24.6 Å². The number of rotatable bonds is 13. The maximum atomic E-state index is 11.3. The average Bonchev–Trinajstić information content (AvgIpc) is 2.43. The lowest BCUT2D eigenvalue weighted by molar-refractivity contribution is -0.140. The number of hydrogen-bond donors (Lipinski definition) is 0. The molecule has 0 atom stereocenters. The van der Waals surface area contributed by atoms with E-state index in [9.17, 15) is 14.4 Å². The summed E-state index contributed by atoms with van der Waals surface area (Å²) in [5, 5.41) is 0. The third-order valence-electron chi connectivity index (χ3n) is 3.83. The van der Waals surface area contributed by atoms with Crippen molar-refractivity contribution in [3.63, 3.8) is 0 Å². The summed E-state index contributed by atoms with van der Waals surface area (Å²) in [5.74, 6) is -0.523. The lowest BCUT2D eigenvalue weighted by atomic mass is 9.93. The van der Waals surface area contributed by atoms with Crippen LogP contribution in [0.15, 0.2) is 0 Å². The Morgan fingerprint density at radius 1 is 0.762 bits per heavy atom. The van der Waals surface area contributed by atoms with Gasteiger partial charge in [0.2, 0.25) is 0 Å². The molecule has 122 valence electrons. The zero-order valence-corrected chi connectivity index (χ0v) is 13.8. The van der Waals surface area contributed by atoms with Crippen LogP contribution in [0.25, 0.3) is 0 Å². The van der Waals surface area contributed by atoms with Crippen LogP contribution in [0.3, 0.4) is 0 Å². The second kappa shape index (κ2) is 12.5. The van der Waals surface area contributed by atoms with E-state index in [1.807, 2.05) is 0 Å².